The van der Waals surface area contributed by atoms with Gasteiger partial charge in [0.15, 0.2) is 0 Å². The molecule has 0 aromatic carbocycles. The Morgan fingerprint density at radius 2 is 1.90 bits per heavy atom. The summed E-state index contributed by atoms with van der Waals surface area (Å²) in [4.78, 5) is 3.15. The summed E-state index contributed by atoms with van der Waals surface area (Å²) >= 11 is 0. The first kappa shape index (κ1) is 14.0. The second-order valence-electron chi connectivity index (χ2n) is 4.24. The Morgan fingerprint density at radius 3 is 2.55 bits per heavy atom. The number of hydrogen-bond donors (Lipinski definition) is 1. The molecule has 0 saturated carbocycles. The summed E-state index contributed by atoms with van der Waals surface area (Å²) < 4.78 is 0. The van der Waals surface area contributed by atoms with E-state index in [9.17, 15) is 0 Å². The van der Waals surface area contributed by atoms with Crippen molar-refractivity contribution in [1.29, 1.82) is 0 Å². The Hall–Kier alpha value is -2.44. The van der Waals surface area contributed by atoms with Crippen molar-refractivity contribution in [2.24, 2.45) is 0 Å². The van der Waals surface area contributed by atoms with E-state index in [1.807, 2.05) is 12.3 Å². The van der Waals surface area contributed by atoms with Crippen molar-refractivity contribution in [3.63, 3.8) is 0 Å². The van der Waals surface area contributed by atoms with E-state index >= 15 is 0 Å². The largest absolute Gasteiger partial charge is 0.358 e. The third-order valence-electron chi connectivity index (χ3n) is 2.76. The van der Waals surface area contributed by atoms with Crippen LogP contribution in [0.3, 0.4) is 0 Å². The predicted octanol–water partition coefficient (Wildman–Crippen LogP) is 1.96. The van der Waals surface area contributed by atoms with Crippen LogP contribution in [0, 0.1) is 0 Å². The van der Waals surface area contributed by atoms with Crippen LogP contribution in [0.5, 0.6) is 0 Å². The third kappa shape index (κ3) is 4.04. The molecule has 104 valence electrons. The monoisotopic (exact) mass is 271 g/mol. The second kappa shape index (κ2) is 7.88. The molecule has 3 rings (SSSR count). The van der Waals surface area contributed by atoms with Crippen LogP contribution in [0.15, 0.2) is 30.7 Å². The number of unbranched alkanes of at least 4 members (excludes halogenated alkanes) is 2. The Balaban J connectivity index is 0.000000205. The Kier molecular flexibility index (Phi) is 5.51. The van der Waals surface area contributed by atoms with E-state index in [1.165, 1.54) is 19.3 Å². The van der Waals surface area contributed by atoms with Gasteiger partial charge in [-0.2, -0.15) is 0 Å². The number of fused-ring (bicyclic) bond motifs is 1. The average molecular weight is 271 g/mol. The molecule has 0 aliphatic rings. The van der Waals surface area contributed by atoms with Gasteiger partial charge in [0, 0.05) is 6.20 Å². The standard InChI is InChI=1S/C10H14N4.C3H3N3/c1-2-3-4-5-8-10-9(6-7-11-10)13-14-12-8;1-2-4-6-5-3-1/h6-7,11H,2-5H2,1H3;1-3H. The van der Waals surface area contributed by atoms with Crippen molar-refractivity contribution in [3.05, 3.63) is 36.4 Å². The minimum absolute atomic E-state index is 0.909. The molecular formula is C13H17N7. The molecule has 3 aromatic rings. The number of aromatic nitrogens is 7. The number of aryl methyl sites for hydroxylation is 1. The van der Waals surface area contributed by atoms with Gasteiger partial charge >= 0.3 is 0 Å². The number of H-pyrrole nitrogens is 1. The second-order valence-corrected chi connectivity index (χ2v) is 4.24. The van der Waals surface area contributed by atoms with Crippen molar-refractivity contribution < 1.29 is 0 Å². The zero-order valence-electron chi connectivity index (χ0n) is 11.4. The predicted molar refractivity (Wildman–Crippen MR) is 74.7 cm³/mol. The minimum atomic E-state index is 0.909. The first-order valence-electron chi connectivity index (χ1n) is 6.65. The Morgan fingerprint density at radius 1 is 1.05 bits per heavy atom. The lowest BCUT2D eigenvalue weighted by Crippen LogP contribution is -1.97. The molecule has 7 heteroatoms. The van der Waals surface area contributed by atoms with Gasteiger partial charge in [-0.25, -0.2) is 0 Å². The first-order valence-corrected chi connectivity index (χ1v) is 6.65. The SMILES string of the molecule is CCCCCc1nnnc2cc[nH]c12.c1cnnnc1. The lowest BCUT2D eigenvalue weighted by atomic mass is 10.1. The molecule has 0 fully saturated rings. The molecule has 0 aliphatic heterocycles. The molecule has 0 spiro atoms. The zero-order valence-corrected chi connectivity index (χ0v) is 11.4. The Labute approximate surface area is 116 Å². The highest BCUT2D eigenvalue weighted by Gasteiger charge is 2.04. The molecular weight excluding hydrogens is 254 g/mol. The van der Waals surface area contributed by atoms with E-state index in [4.69, 9.17) is 0 Å². The molecule has 1 N–H and O–H groups in total. The number of rotatable bonds is 4. The summed E-state index contributed by atoms with van der Waals surface area (Å²) in [6.07, 6.45) is 9.66. The van der Waals surface area contributed by atoms with Gasteiger partial charge in [0.1, 0.15) is 5.52 Å². The lowest BCUT2D eigenvalue weighted by Gasteiger charge is -1.99. The van der Waals surface area contributed by atoms with Gasteiger partial charge in [-0.3, -0.25) is 0 Å². The maximum atomic E-state index is 4.06. The van der Waals surface area contributed by atoms with E-state index in [2.05, 4.69) is 42.7 Å². The fraction of sp³-hybridized carbons (Fsp3) is 0.385. The maximum Gasteiger partial charge on any atom is 0.114 e. The third-order valence-corrected chi connectivity index (χ3v) is 2.76. The number of nitrogens with zero attached hydrogens (tertiary/aromatic N) is 6. The number of hydrogen-bond acceptors (Lipinski definition) is 6. The van der Waals surface area contributed by atoms with Gasteiger partial charge in [-0.1, -0.05) is 19.8 Å². The fourth-order valence-electron chi connectivity index (χ4n) is 1.77. The van der Waals surface area contributed by atoms with E-state index in [-0.39, 0.29) is 0 Å². The Bertz CT molecular complexity index is 581. The molecule has 0 amide bonds. The van der Waals surface area contributed by atoms with Crippen molar-refractivity contribution in [2.45, 2.75) is 32.6 Å². The lowest BCUT2D eigenvalue weighted by molar-refractivity contribution is 0.695. The smallest absolute Gasteiger partial charge is 0.114 e. The summed E-state index contributed by atoms with van der Waals surface area (Å²) in [5, 5.41) is 21.9. The van der Waals surface area contributed by atoms with E-state index in [0.717, 1.165) is 23.1 Å². The van der Waals surface area contributed by atoms with Crippen LogP contribution >= 0.6 is 0 Å². The molecule has 0 unspecified atom stereocenters. The molecule has 0 atom stereocenters. The maximum absolute atomic E-state index is 4.06. The molecule has 0 aliphatic carbocycles. The van der Waals surface area contributed by atoms with Gasteiger partial charge in [0.05, 0.1) is 23.6 Å². The van der Waals surface area contributed by atoms with Crippen LogP contribution in [0.25, 0.3) is 11.0 Å². The molecule has 3 aromatic heterocycles. The highest BCUT2D eigenvalue weighted by Crippen LogP contribution is 2.13. The van der Waals surface area contributed by atoms with Gasteiger partial charge in [-0.15, -0.1) is 20.4 Å². The van der Waals surface area contributed by atoms with E-state index in [0.29, 0.717) is 0 Å². The van der Waals surface area contributed by atoms with Gasteiger partial charge in [0.2, 0.25) is 0 Å². The van der Waals surface area contributed by atoms with Crippen molar-refractivity contribution in [1.82, 2.24) is 35.8 Å². The molecule has 0 saturated heterocycles. The fourth-order valence-corrected chi connectivity index (χ4v) is 1.77. The van der Waals surface area contributed by atoms with Crippen LogP contribution in [0.1, 0.15) is 31.9 Å². The molecule has 7 nitrogen and oxygen atoms in total. The normalized spacial score (nSPS) is 10.1. The minimum Gasteiger partial charge on any atom is -0.358 e. The summed E-state index contributed by atoms with van der Waals surface area (Å²) in [6.45, 7) is 2.20. The molecule has 20 heavy (non-hydrogen) atoms. The van der Waals surface area contributed by atoms with Crippen LogP contribution in [0.2, 0.25) is 0 Å². The highest BCUT2D eigenvalue weighted by molar-refractivity contribution is 5.76. The quantitative estimate of drug-likeness (QED) is 0.729. The summed E-state index contributed by atoms with van der Waals surface area (Å²) in [7, 11) is 0. The van der Waals surface area contributed by atoms with Crippen molar-refractivity contribution >= 4 is 11.0 Å². The molecule has 3 heterocycles. The van der Waals surface area contributed by atoms with Crippen LogP contribution < -0.4 is 0 Å². The zero-order chi connectivity index (χ0) is 14.0. The van der Waals surface area contributed by atoms with Crippen LogP contribution in [-0.2, 0) is 6.42 Å². The van der Waals surface area contributed by atoms with Crippen LogP contribution in [0.4, 0.5) is 0 Å². The van der Waals surface area contributed by atoms with E-state index in [1.54, 1.807) is 18.5 Å². The highest BCUT2D eigenvalue weighted by atomic mass is 15.3. The number of aromatic amines is 1. The van der Waals surface area contributed by atoms with Crippen LogP contribution in [-0.4, -0.2) is 35.8 Å². The summed E-state index contributed by atoms with van der Waals surface area (Å²) in [5.41, 5.74) is 2.98. The average Bonchev–Trinajstić information content (AvgIpc) is 2.99. The van der Waals surface area contributed by atoms with Gasteiger partial charge < -0.3 is 4.98 Å². The first-order chi connectivity index (χ1) is 9.92. The topological polar surface area (TPSA) is 93.1 Å². The summed E-state index contributed by atoms with van der Waals surface area (Å²) in [6, 6.07) is 3.64. The van der Waals surface area contributed by atoms with E-state index < -0.39 is 0 Å². The van der Waals surface area contributed by atoms with Crippen molar-refractivity contribution in [3.8, 4) is 0 Å². The van der Waals surface area contributed by atoms with Gasteiger partial charge in [-0.05, 0) is 35.4 Å². The number of nitrogens with one attached hydrogen (secondary N) is 1. The molecule has 0 radical (unpaired) electrons. The van der Waals surface area contributed by atoms with Crippen molar-refractivity contribution in [2.75, 3.05) is 0 Å². The molecule has 0 bridgehead atoms. The van der Waals surface area contributed by atoms with Gasteiger partial charge in [0.25, 0.3) is 0 Å². The summed E-state index contributed by atoms with van der Waals surface area (Å²) in [5.74, 6) is 0.